The number of carbonyl (C=O) groups excluding carboxylic acids is 1. The molecule has 1 amide bonds. The second-order valence-electron chi connectivity index (χ2n) is 7.72. The van der Waals surface area contributed by atoms with Gasteiger partial charge in [-0.15, -0.1) is 0 Å². The van der Waals surface area contributed by atoms with Gasteiger partial charge in [-0.25, -0.2) is 4.79 Å². The molecule has 2 N–H and O–H groups in total. The monoisotopic (exact) mass is 403 g/mol. The molecule has 0 fully saturated rings. The van der Waals surface area contributed by atoms with Crippen molar-refractivity contribution in [2.75, 3.05) is 13.2 Å². The van der Waals surface area contributed by atoms with Gasteiger partial charge in [-0.3, -0.25) is 9.59 Å². The summed E-state index contributed by atoms with van der Waals surface area (Å²) < 4.78 is 17.3. The zero-order valence-electron chi connectivity index (χ0n) is 16.8. The molecule has 0 aliphatic carbocycles. The molecule has 1 aromatic heterocycles. The highest BCUT2D eigenvalue weighted by molar-refractivity contribution is 5.92. The first kappa shape index (κ1) is 20.7. The Kier molecular flexibility index (Phi) is 5.81. The predicted molar refractivity (Wildman–Crippen MR) is 106 cm³/mol. The summed E-state index contributed by atoms with van der Waals surface area (Å²) in [5, 5.41) is 11.6. The second-order valence-corrected chi connectivity index (χ2v) is 7.72. The number of carboxylic acids is 1. The molecular weight excluding hydrogens is 378 g/mol. The molecule has 8 nitrogen and oxygen atoms in total. The van der Waals surface area contributed by atoms with Crippen molar-refractivity contribution < 1.29 is 28.6 Å². The van der Waals surface area contributed by atoms with Crippen molar-refractivity contribution >= 4 is 22.8 Å². The Morgan fingerprint density at radius 1 is 1.31 bits per heavy atom. The number of hydrogen-bond acceptors (Lipinski definition) is 6. The van der Waals surface area contributed by atoms with Crippen LogP contribution in [-0.2, 0) is 22.4 Å². The van der Waals surface area contributed by atoms with E-state index in [2.05, 4.69) is 5.32 Å². The molecule has 8 heteroatoms. The average Bonchev–Trinajstić information content (AvgIpc) is 2.63. The van der Waals surface area contributed by atoms with Gasteiger partial charge in [-0.05, 0) is 38.7 Å². The zero-order valence-corrected chi connectivity index (χ0v) is 16.8. The number of carboxylic acid groups (broad SMARTS) is 1. The summed E-state index contributed by atoms with van der Waals surface area (Å²) in [6.07, 6.45) is 2.93. The summed E-state index contributed by atoms with van der Waals surface area (Å²) in [4.78, 5) is 34.7. The first-order valence-electron chi connectivity index (χ1n) is 9.63. The van der Waals surface area contributed by atoms with Crippen LogP contribution in [0.3, 0.4) is 0 Å². The summed E-state index contributed by atoms with van der Waals surface area (Å²) in [7, 11) is 0. The molecule has 2 aromatic rings. The summed E-state index contributed by atoms with van der Waals surface area (Å²) >= 11 is 0. The molecule has 0 saturated heterocycles. The molecule has 156 valence electrons. The number of aliphatic carboxylic acids is 1. The van der Waals surface area contributed by atoms with Crippen LogP contribution in [0.5, 0.6) is 11.5 Å². The van der Waals surface area contributed by atoms with E-state index in [0.29, 0.717) is 35.3 Å². The van der Waals surface area contributed by atoms with Crippen LogP contribution in [0.4, 0.5) is 0 Å². The molecule has 0 saturated carbocycles. The van der Waals surface area contributed by atoms with E-state index >= 15 is 0 Å². The number of carbonyl (C=O) groups is 2. The number of ether oxygens (including phenoxy) is 2. The normalized spacial score (nSPS) is 14.7. The van der Waals surface area contributed by atoms with E-state index in [4.69, 9.17) is 19.0 Å². The molecule has 0 spiro atoms. The highest BCUT2D eigenvalue weighted by atomic mass is 16.5. The van der Waals surface area contributed by atoms with Gasteiger partial charge in [0.2, 0.25) is 0 Å². The van der Waals surface area contributed by atoms with Gasteiger partial charge < -0.3 is 24.3 Å². The standard InChI is InChI=1S/C21H25NO7/c1-4-5-12-8-18(26)28-20-13-6-7-21(2,3)29-14(13)9-15(19(12)20)27-11-16(23)22-10-17(24)25/h8-9H,4-7,10-11H2,1-3H3,(H,22,23)(H,24,25). The van der Waals surface area contributed by atoms with Crippen LogP contribution < -0.4 is 20.4 Å². The van der Waals surface area contributed by atoms with Gasteiger partial charge in [0.15, 0.2) is 6.61 Å². The Labute approximate surface area is 167 Å². The van der Waals surface area contributed by atoms with Crippen LogP contribution in [-0.4, -0.2) is 35.7 Å². The van der Waals surface area contributed by atoms with E-state index in [1.165, 1.54) is 6.07 Å². The van der Waals surface area contributed by atoms with Gasteiger partial charge in [0.05, 0.1) is 5.39 Å². The van der Waals surface area contributed by atoms with Crippen LogP contribution in [0, 0.1) is 0 Å². The van der Waals surface area contributed by atoms with E-state index < -0.39 is 24.0 Å². The fraction of sp³-hybridized carbons (Fsp3) is 0.476. The minimum Gasteiger partial charge on any atom is -0.487 e. The Balaban J connectivity index is 2.06. The molecule has 0 bridgehead atoms. The fourth-order valence-electron chi connectivity index (χ4n) is 3.47. The topological polar surface area (TPSA) is 115 Å². The molecule has 0 radical (unpaired) electrons. The summed E-state index contributed by atoms with van der Waals surface area (Å²) in [6.45, 7) is 5.10. The summed E-state index contributed by atoms with van der Waals surface area (Å²) in [5.41, 5.74) is 1.21. The smallest absolute Gasteiger partial charge is 0.336 e. The quantitative estimate of drug-likeness (QED) is 0.682. The highest BCUT2D eigenvalue weighted by Crippen LogP contribution is 2.43. The van der Waals surface area contributed by atoms with Crippen molar-refractivity contribution in [2.24, 2.45) is 0 Å². The van der Waals surface area contributed by atoms with Gasteiger partial charge >= 0.3 is 11.6 Å². The van der Waals surface area contributed by atoms with Gasteiger partial charge in [0, 0.05) is 17.7 Å². The Bertz CT molecular complexity index is 1010. The zero-order chi connectivity index (χ0) is 21.2. The lowest BCUT2D eigenvalue weighted by molar-refractivity contribution is -0.138. The molecule has 1 aliphatic rings. The molecule has 1 aliphatic heterocycles. The number of amides is 1. The molecule has 3 rings (SSSR count). The van der Waals surface area contributed by atoms with Crippen molar-refractivity contribution in [1.82, 2.24) is 5.32 Å². The van der Waals surface area contributed by atoms with Gasteiger partial charge in [-0.2, -0.15) is 0 Å². The molecule has 0 unspecified atom stereocenters. The third kappa shape index (κ3) is 4.70. The molecule has 2 heterocycles. The van der Waals surface area contributed by atoms with Crippen molar-refractivity contribution in [3.63, 3.8) is 0 Å². The lowest BCUT2D eigenvalue weighted by Crippen LogP contribution is -2.33. The van der Waals surface area contributed by atoms with E-state index in [-0.39, 0.29) is 12.2 Å². The van der Waals surface area contributed by atoms with Crippen LogP contribution in [0.25, 0.3) is 11.0 Å². The maximum Gasteiger partial charge on any atom is 0.336 e. The maximum absolute atomic E-state index is 12.2. The van der Waals surface area contributed by atoms with Crippen molar-refractivity contribution in [3.05, 3.63) is 33.7 Å². The van der Waals surface area contributed by atoms with Crippen molar-refractivity contribution in [3.8, 4) is 11.5 Å². The number of rotatable bonds is 7. The molecule has 29 heavy (non-hydrogen) atoms. The summed E-state index contributed by atoms with van der Waals surface area (Å²) in [6, 6.07) is 3.17. The van der Waals surface area contributed by atoms with Crippen LogP contribution in [0.15, 0.2) is 21.3 Å². The Morgan fingerprint density at radius 3 is 2.76 bits per heavy atom. The minimum atomic E-state index is -1.14. The van der Waals surface area contributed by atoms with Crippen molar-refractivity contribution in [1.29, 1.82) is 0 Å². The van der Waals surface area contributed by atoms with Crippen LogP contribution in [0.1, 0.15) is 44.7 Å². The molecule has 0 atom stereocenters. The van der Waals surface area contributed by atoms with Crippen molar-refractivity contribution in [2.45, 2.75) is 52.1 Å². The predicted octanol–water partition coefficient (Wildman–Crippen LogP) is 2.43. The Morgan fingerprint density at radius 2 is 2.07 bits per heavy atom. The largest absolute Gasteiger partial charge is 0.487 e. The van der Waals surface area contributed by atoms with Gasteiger partial charge in [0.25, 0.3) is 5.91 Å². The average molecular weight is 403 g/mol. The highest BCUT2D eigenvalue weighted by Gasteiger charge is 2.30. The van der Waals surface area contributed by atoms with E-state index in [1.807, 2.05) is 20.8 Å². The van der Waals surface area contributed by atoms with Gasteiger partial charge in [-0.1, -0.05) is 13.3 Å². The molecule has 1 aromatic carbocycles. The number of fused-ring (bicyclic) bond motifs is 3. The third-order valence-corrected chi connectivity index (χ3v) is 4.80. The third-order valence-electron chi connectivity index (χ3n) is 4.80. The first-order chi connectivity index (χ1) is 13.7. The first-order valence-corrected chi connectivity index (χ1v) is 9.63. The van der Waals surface area contributed by atoms with E-state index in [0.717, 1.165) is 24.0 Å². The number of benzene rings is 1. The lowest BCUT2D eigenvalue weighted by Gasteiger charge is -2.33. The number of aryl methyl sites for hydroxylation is 2. The van der Waals surface area contributed by atoms with E-state index in [1.54, 1.807) is 6.07 Å². The minimum absolute atomic E-state index is 0.366. The lowest BCUT2D eigenvalue weighted by atomic mass is 9.91. The fourth-order valence-corrected chi connectivity index (χ4v) is 3.47. The maximum atomic E-state index is 12.2. The summed E-state index contributed by atoms with van der Waals surface area (Å²) in [5.74, 6) is -0.769. The molecular formula is C21H25NO7. The SMILES string of the molecule is CCCc1cc(=O)oc2c3c(cc(OCC(=O)NCC(=O)O)c12)OC(C)(C)CC3. The van der Waals surface area contributed by atoms with Gasteiger partial charge in [0.1, 0.15) is 29.2 Å². The van der Waals surface area contributed by atoms with Crippen LogP contribution >= 0.6 is 0 Å². The second kappa shape index (κ2) is 8.14. The number of hydrogen-bond donors (Lipinski definition) is 2. The number of nitrogens with one attached hydrogen (secondary N) is 1. The van der Waals surface area contributed by atoms with E-state index in [9.17, 15) is 14.4 Å². The van der Waals surface area contributed by atoms with Crippen LogP contribution in [0.2, 0.25) is 0 Å². The Hall–Kier alpha value is -3.03.